The van der Waals surface area contributed by atoms with Gasteiger partial charge in [0.1, 0.15) is 6.10 Å². The van der Waals surface area contributed by atoms with Crippen molar-refractivity contribution in [1.82, 2.24) is 0 Å². The largest absolute Gasteiger partial charge is 0.446 e. The van der Waals surface area contributed by atoms with Gasteiger partial charge < -0.3 is 4.74 Å². The first-order chi connectivity index (χ1) is 6.59. The molecule has 0 aromatic carbocycles. The third-order valence-corrected chi connectivity index (χ3v) is 2.76. The lowest BCUT2D eigenvalue weighted by molar-refractivity contribution is 0.0941. The van der Waals surface area contributed by atoms with Crippen LogP contribution < -0.4 is 5.32 Å². The second-order valence-corrected chi connectivity index (χ2v) is 4.40. The Labute approximate surface area is 88.1 Å². The molecule has 0 aliphatic heterocycles. The van der Waals surface area contributed by atoms with Gasteiger partial charge in [0.15, 0.2) is 0 Å². The molecule has 0 bridgehead atoms. The molecule has 0 fully saturated rings. The topological polar surface area (TPSA) is 38.3 Å². The number of rotatable bonds is 3. The van der Waals surface area contributed by atoms with E-state index in [0.29, 0.717) is 5.92 Å². The van der Waals surface area contributed by atoms with E-state index in [4.69, 9.17) is 4.74 Å². The average Bonchev–Trinajstić information content (AvgIpc) is 2.56. The smallest absolute Gasteiger partial charge is 0.412 e. The molecule has 78 valence electrons. The molecule has 0 saturated heterocycles. The van der Waals surface area contributed by atoms with Gasteiger partial charge in [-0.15, -0.1) is 11.3 Å². The third-order valence-electron chi connectivity index (χ3n) is 1.98. The maximum atomic E-state index is 11.3. The first-order valence-corrected chi connectivity index (χ1v) is 5.48. The van der Waals surface area contributed by atoms with Crippen LogP contribution in [0, 0.1) is 5.92 Å². The van der Waals surface area contributed by atoms with Crippen LogP contribution in [-0.4, -0.2) is 12.2 Å². The van der Waals surface area contributed by atoms with Gasteiger partial charge >= 0.3 is 6.09 Å². The molecule has 14 heavy (non-hydrogen) atoms. The van der Waals surface area contributed by atoms with Gasteiger partial charge in [-0.25, -0.2) is 4.79 Å². The summed E-state index contributed by atoms with van der Waals surface area (Å²) in [7, 11) is 0. The molecule has 1 unspecified atom stereocenters. The van der Waals surface area contributed by atoms with Crippen molar-refractivity contribution in [2.75, 3.05) is 5.32 Å². The van der Waals surface area contributed by atoms with E-state index < -0.39 is 0 Å². The Hall–Kier alpha value is -1.03. The standard InChI is InChI=1S/C10H15NO2S/c1-7(2)8(3)13-10(12)11-9-5-4-6-14-9/h4-8H,1-3H3,(H,11,12). The molecular weight excluding hydrogens is 198 g/mol. The summed E-state index contributed by atoms with van der Waals surface area (Å²) < 4.78 is 5.14. The van der Waals surface area contributed by atoms with Crippen molar-refractivity contribution in [3.8, 4) is 0 Å². The molecule has 0 radical (unpaired) electrons. The summed E-state index contributed by atoms with van der Waals surface area (Å²) in [5.41, 5.74) is 0. The molecule has 1 aromatic rings. The van der Waals surface area contributed by atoms with Crippen molar-refractivity contribution in [2.24, 2.45) is 5.92 Å². The normalized spacial score (nSPS) is 12.6. The number of thiophene rings is 1. The van der Waals surface area contributed by atoms with Gasteiger partial charge in [-0.3, -0.25) is 5.32 Å². The lowest BCUT2D eigenvalue weighted by Crippen LogP contribution is -2.23. The van der Waals surface area contributed by atoms with Crippen molar-refractivity contribution < 1.29 is 9.53 Å². The van der Waals surface area contributed by atoms with Crippen molar-refractivity contribution in [3.05, 3.63) is 17.5 Å². The second-order valence-electron chi connectivity index (χ2n) is 3.46. The zero-order chi connectivity index (χ0) is 10.6. The maximum Gasteiger partial charge on any atom is 0.412 e. The maximum absolute atomic E-state index is 11.3. The highest BCUT2D eigenvalue weighted by atomic mass is 32.1. The molecule has 0 aliphatic carbocycles. The first kappa shape index (κ1) is 11.0. The first-order valence-electron chi connectivity index (χ1n) is 4.60. The van der Waals surface area contributed by atoms with Gasteiger partial charge in [-0.1, -0.05) is 13.8 Å². The van der Waals surface area contributed by atoms with Gasteiger partial charge in [0.05, 0.1) is 5.00 Å². The summed E-state index contributed by atoms with van der Waals surface area (Å²) in [6.07, 6.45) is -0.441. The van der Waals surface area contributed by atoms with Crippen LogP contribution in [-0.2, 0) is 4.74 Å². The van der Waals surface area contributed by atoms with Crippen LogP contribution in [0.25, 0.3) is 0 Å². The van der Waals surface area contributed by atoms with E-state index in [-0.39, 0.29) is 12.2 Å². The number of amides is 1. The van der Waals surface area contributed by atoms with Crippen LogP contribution in [0.1, 0.15) is 20.8 Å². The molecule has 1 amide bonds. The minimum atomic E-state index is -0.381. The Bertz CT molecular complexity index is 282. The monoisotopic (exact) mass is 213 g/mol. The summed E-state index contributed by atoms with van der Waals surface area (Å²) in [4.78, 5) is 11.3. The summed E-state index contributed by atoms with van der Waals surface area (Å²) in [6.45, 7) is 5.92. The van der Waals surface area contributed by atoms with Crippen molar-refractivity contribution in [3.63, 3.8) is 0 Å². The Morgan fingerprint density at radius 2 is 2.21 bits per heavy atom. The predicted octanol–water partition coefficient (Wildman–Crippen LogP) is 3.34. The molecule has 3 nitrogen and oxygen atoms in total. The zero-order valence-corrected chi connectivity index (χ0v) is 9.43. The number of carbonyl (C=O) groups excluding carboxylic acids is 1. The van der Waals surface area contributed by atoms with Crippen molar-refractivity contribution >= 4 is 22.4 Å². The van der Waals surface area contributed by atoms with E-state index in [1.54, 1.807) is 0 Å². The lowest BCUT2D eigenvalue weighted by Gasteiger charge is -2.16. The summed E-state index contributed by atoms with van der Waals surface area (Å²) >= 11 is 1.47. The van der Waals surface area contributed by atoms with Crippen LogP contribution in [0.4, 0.5) is 9.80 Å². The molecule has 0 saturated carbocycles. The van der Waals surface area contributed by atoms with Crippen molar-refractivity contribution in [1.29, 1.82) is 0 Å². The summed E-state index contributed by atoms with van der Waals surface area (Å²) in [5.74, 6) is 0.337. The highest BCUT2D eigenvalue weighted by molar-refractivity contribution is 7.14. The van der Waals surface area contributed by atoms with E-state index >= 15 is 0 Å². The summed E-state index contributed by atoms with van der Waals surface area (Å²) in [6, 6.07) is 3.72. The number of nitrogens with one attached hydrogen (secondary N) is 1. The number of hydrogen-bond acceptors (Lipinski definition) is 3. The molecule has 1 aromatic heterocycles. The molecule has 1 atom stereocenters. The molecule has 0 spiro atoms. The lowest BCUT2D eigenvalue weighted by atomic mass is 10.1. The minimum Gasteiger partial charge on any atom is -0.446 e. The van der Waals surface area contributed by atoms with E-state index in [2.05, 4.69) is 5.32 Å². The molecule has 0 aliphatic rings. The van der Waals surface area contributed by atoms with Crippen LogP contribution in [0.3, 0.4) is 0 Å². The fraction of sp³-hybridized carbons (Fsp3) is 0.500. The van der Waals surface area contributed by atoms with E-state index in [1.807, 2.05) is 38.3 Å². The molecule has 1 rings (SSSR count). The average molecular weight is 213 g/mol. The zero-order valence-electron chi connectivity index (χ0n) is 8.61. The molecule has 1 N–H and O–H groups in total. The predicted molar refractivity (Wildman–Crippen MR) is 58.7 cm³/mol. The van der Waals surface area contributed by atoms with E-state index in [9.17, 15) is 4.79 Å². The van der Waals surface area contributed by atoms with Crippen molar-refractivity contribution in [2.45, 2.75) is 26.9 Å². The molecule has 4 heteroatoms. The molecule has 1 heterocycles. The Morgan fingerprint density at radius 3 is 2.71 bits per heavy atom. The van der Waals surface area contributed by atoms with Gasteiger partial charge in [-0.2, -0.15) is 0 Å². The number of anilines is 1. The highest BCUT2D eigenvalue weighted by Crippen LogP contribution is 2.15. The fourth-order valence-electron chi connectivity index (χ4n) is 0.785. The van der Waals surface area contributed by atoms with Gasteiger partial charge in [0.2, 0.25) is 0 Å². The fourth-order valence-corrected chi connectivity index (χ4v) is 1.39. The van der Waals surface area contributed by atoms with E-state index in [0.717, 1.165) is 5.00 Å². The number of hydrogen-bond donors (Lipinski definition) is 1. The SMILES string of the molecule is CC(C)C(C)OC(=O)Nc1cccs1. The van der Waals surface area contributed by atoms with Gasteiger partial charge in [0.25, 0.3) is 0 Å². The van der Waals surface area contributed by atoms with Crippen LogP contribution in [0.15, 0.2) is 17.5 Å². The van der Waals surface area contributed by atoms with Crippen LogP contribution in [0.2, 0.25) is 0 Å². The summed E-state index contributed by atoms with van der Waals surface area (Å²) in [5, 5.41) is 5.38. The Morgan fingerprint density at radius 1 is 1.50 bits per heavy atom. The number of ether oxygens (including phenoxy) is 1. The van der Waals surface area contributed by atoms with Crippen LogP contribution >= 0.6 is 11.3 Å². The molecular formula is C10H15NO2S. The van der Waals surface area contributed by atoms with E-state index in [1.165, 1.54) is 11.3 Å². The van der Waals surface area contributed by atoms with Gasteiger partial charge in [-0.05, 0) is 30.4 Å². The van der Waals surface area contributed by atoms with Crippen LogP contribution in [0.5, 0.6) is 0 Å². The highest BCUT2D eigenvalue weighted by Gasteiger charge is 2.12. The Kier molecular flexibility index (Phi) is 3.95. The second kappa shape index (κ2) is 5.00. The van der Waals surface area contributed by atoms with Gasteiger partial charge in [0, 0.05) is 0 Å². The minimum absolute atomic E-state index is 0.0602. The quantitative estimate of drug-likeness (QED) is 0.836. The Balaban J connectivity index is 2.36. The number of carbonyl (C=O) groups is 1. The third kappa shape index (κ3) is 3.38.